The molecule has 0 bridgehead atoms. The van der Waals surface area contributed by atoms with Crippen molar-refractivity contribution in [2.45, 2.75) is 6.04 Å². The summed E-state index contributed by atoms with van der Waals surface area (Å²) in [5.74, 6) is 1.37. The molecule has 1 heterocycles. The van der Waals surface area contributed by atoms with Crippen molar-refractivity contribution in [3.63, 3.8) is 0 Å². The third-order valence-electron chi connectivity index (χ3n) is 3.35. The van der Waals surface area contributed by atoms with Gasteiger partial charge in [0.05, 0.1) is 6.04 Å². The second-order valence-corrected chi connectivity index (χ2v) is 5.61. The van der Waals surface area contributed by atoms with Gasteiger partial charge in [-0.15, -0.1) is 0 Å². The number of hydrazine groups is 1. The first-order valence-corrected chi connectivity index (χ1v) is 7.23. The molecule has 2 N–H and O–H groups in total. The number of carbonyl (C=O) groups is 1. The van der Waals surface area contributed by atoms with Crippen molar-refractivity contribution in [1.29, 1.82) is 0 Å². The van der Waals surface area contributed by atoms with Crippen molar-refractivity contribution < 1.29 is 9.53 Å². The molecule has 114 valence electrons. The van der Waals surface area contributed by atoms with Crippen molar-refractivity contribution in [1.82, 2.24) is 15.8 Å². The van der Waals surface area contributed by atoms with E-state index in [1.807, 2.05) is 36.4 Å². The fraction of sp³-hybridized carbons (Fsp3) is 0.188. The van der Waals surface area contributed by atoms with Gasteiger partial charge in [-0.1, -0.05) is 35.9 Å². The molecule has 2 aromatic carbocycles. The van der Waals surface area contributed by atoms with Crippen molar-refractivity contribution in [3.8, 4) is 11.5 Å². The molecule has 0 spiro atoms. The van der Waals surface area contributed by atoms with Gasteiger partial charge in [-0.05, 0) is 18.2 Å². The van der Waals surface area contributed by atoms with Crippen LogP contribution >= 0.6 is 11.6 Å². The van der Waals surface area contributed by atoms with Crippen LogP contribution in [0.3, 0.4) is 0 Å². The number of carbonyl (C=O) groups excluding carboxylic acids is 1. The van der Waals surface area contributed by atoms with Crippen LogP contribution in [-0.4, -0.2) is 25.1 Å². The van der Waals surface area contributed by atoms with Crippen molar-refractivity contribution in [3.05, 3.63) is 58.6 Å². The number of urea groups is 1. The van der Waals surface area contributed by atoms with Crippen LogP contribution in [0.5, 0.6) is 11.5 Å². The van der Waals surface area contributed by atoms with E-state index in [2.05, 4.69) is 10.7 Å². The zero-order chi connectivity index (χ0) is 15.7. The summed E-state index contributed by atoms with van der Waals surface area (Å²) in [6, 6.07) is 12.4. The zero-order valence-electron chi connectivity index (χ0n) is 12.3. The highest BCUT2D eigenvalue weighted by Crippen LogP contribution is 2.45. The first kappa shape index (κ1) is 14.7. The lowest BCUT2D eigenvalue weighted by Gasteiger charge is -2.30. The fourth-order valence-corrected chi connectivity index (χ4v) is 2.76. The zero-order valence-corrected chi connectivity index (χ0v) is 13.0. The summed E-state index contributed by atoms with van der Waals surface area (Å²) in [7, 11) is 3.50. The second-order valence-electron chi connectivity index (χ2n) is 5.20. The number of hydrogen-bond donors (Lipinski definition) is 2. The molecule has 1 aliphatic heterocycles. The number of fused-ring (bicyclic) bond motifs is 2. The topological polar surface area (TPSA) is 53.6 Å². The Morgan fingerprint density at radius 3 is 2.64 bits per heavy atom. The number of nitrogens with one attached hydrogen (secondary N) is 2. The quantitative estimate of drug-likeness (QED) is 0.836. The lowest BCUT2D eigenvalue weighted by Crippen LogP contribution is -2.45. The summed E-state index contributed by atoms with van der Waals surface area (Å²) in [5.41, 5.74) is 4.30. The van der Waals surface area contributed by atoms with Gasteiger partial charge < -0.3 is 10.1 Å². The van der Waals surface area contributed by atoms with E-state index in [0.717, 1.165) is 11.1 Å². The number of amides is 2. The van der Waals surface area contributed by atoms with Crippen LogP contribution in [0.4, 0.5) is 4.79 Å². The van der Waals surface area contributed by atoms with E-state index in [1.165, 1.54) is 0 Å². The van der Waals surface area contributed by atoms with Crippen molar-refractivity contribution in [2.75, 3.05) is 14.1 Å². The van der Waals surface area contributed by atoms with Crippen LogP contribution in [-0.2, 0) is 0 Å². The predicted molar refractivity (Wildman–Crippen MR) is 85.2 cm³/mol. The summed E-state index contributed by atoms with van der Waals surface area (Å²) in [4.78, 5) is 12.1. The molecule has 5 nitrogen and oxygen atoms in total. The number of nitrogens with zero attached hydrogens (tertiary/aromatic N) is 1. The number of halogens is 1. The predicted octanol–water partition coefficient (Wildman–Crippen LogP) is 3.31. The Balaban J connectivity index is 2.02. The summed E-state index contributed by atoms with van der Waals surface area (Å²) in [5, 5.41) is 5.08. The first-order valence-electron chi connectivity index (χ1n) is 6.86. The minimum Gasteiger partial charge on any atom is -0.457 e. The van der Waals surface area contributed by atoms with E-state index in [1.54, 1.807) is 25.2 Å². The monoisotopic (exact) mass is 317 g/mol. The largest absolute Gasteiger partial charge is 0.457 e. The smallest absolute Gasteiger partial charge is 0.330 e. The number of ether oxygens (including phenoxy) is 1. The van der Waals surface area contributed by atoms with Crippen molar-refractivity contribution >= 4 is 17.6 Å². The molecule has 0 saturated heterocycles. The van der Waals surface area contributed by atoms with E-state index in [9.17, 15) is 4.79 Å². The summed E-state index contributed by atoms with van der Waals surface area (Å²) < 4.78 is 5.88. The Morgan fingerprint density at radius 2 is 1.86 bits per heavy atom. The van der Waals surface area contributed by atoms with Gasteiger partial charge >= 0.3 is 6.03 Å². The molecular weight excluding hydrogens is 302 g/mol. The highest BCUT2D eigenvalue weighted by Gasteiger charge is 2.30. The molecule has 6 heteroatoms. The van der Waals surface area contributed by atoms with Crippen LogP contribution in [0.25, 0.3) is 0 Å². The number of rotatable bonds is 2. The van der Waals surface area contributed by atoms with Crippen LogP contribution in [0, 0.1) is 0 Å². The molecule has 1 unspecified atom stereocenters. The molecule has 0 fully saturated rings. The highest BCUT2D eigenvalue weighted by atomic mass is 35.5. The summed E-state index contributed by atoms with van der Waals surface area (Å²) >= 11 is 6.33. The minimum atomic E-state index is -0.367. The molecule has 0 aromatic heterocycles. The van der Waals surface area contributed by atoms with Gasteiger partial charge in [-0.3, -0.25) is 5.43 Å². The molecule has 22 heavy (non-hydrogen) atoms. The Bertz CT molecular complexity index is 718. The first-order chi connectivity index (χ1) is 10.6. The third-order valence-corrected chi connectivity index (χ3v) is 3.68. The molecule has 0 radical (unpaired) electrons. The third kappa shape index (κ3) is 2.73. The Morgan fingerprint density at radius 1 is 1.14 bits per heavy atom. The Labute approximate surface area is 133 Å². The summed E-state index contributed by atoms with van der Waals surface area (Å²) in [6.45, 7) is 0. The fourth-order valence-electron chi connectivity index (χ4n) is 2.49. The van der Waals surface area contributed by atoms with Crippen molar-refractivity contribution in [2.24, 2.45) is 0 Å². The van der Waals surface area contributed by atoms with Gasteiger partial charge in [-0.2, -0.15) is 0 Å². The maximum absolute atomic E-state index is 12.1. The molecule has 1 atom stereocenters. The number of hydrogen-bond acceptors (Lipinski definition) is 3. The van der Waals surface area contributed by atoms with E-state index >= 15 is 0 Å². The number of benzene rings is 2. The van der Waals surface area contributed by atoms with E-state index in [4.69, 9.17) is 16.3 Å². The average Bonchev–Trinajstić information content (AvgIpc) is 2.46. The Kier molecular flexibility index (Phi) is 3.92. The van der Waals surface area contributed by atoms with Crippen LogP contribution < -0.4 is 15.5 Å². The lowest BCUT2D eigenvalue weighted by molar-refractivity contribution is 0.209. The van der Waals surface area contributed by atoms with Crippen LogP contribution in [0.1, 0.15) is 17.2 Å². The maximum atomic E-state index is 12.1. The van der Waals surface area contributed by atoms with Gasteiger partial charge in [0.2, 0.25) is 0 Å². The minimum absolute atomic E-state index is 0.308. The van der Waals surface area contributed by atoms with Gasteiger partial charge in [0.1, 0.15) is 11.5 Å². The van der Waals surface area contributed by atoms with Gasteiger partial charge in [0, 0.05) is 30.2 Å². The van der Waals surface area contributed by atoms with E-state index in [-0.39, 0.29) is 12.1 Å². The van der Waals surface area contributed by atoms with Gasteiger partial charge in [0.25, 0.3) is 0 Å². The van der Waals surface area contributed by atoms with Crippen LogP contribution in [0.15, 0.2) is 42.5 Å². The molecule has 2 amide bonds. The summed E-state index contributed by atoms with van der Waals surface area (Å²) in [6.07, 6.45) is 0. The molecule has 0 aliphatic carbocycles. The second kappa shape index (κ2) is 5.87. The average molecular weight is 318 g/mol. The van der Waals surface area contributed by atoms with E-state index in [0.29, 0.717) is 16.5 Å². The normalized spacial score (nSPS) is 15.5. The van der Waals surface area contributed by atoms with Gasteiger partial charge in [0.15, 0.2) is 0 Å². The van der Waals surface area contributed by atoms with Crippen LogP contribution in [0.2, 0.25) is 5.02 Å². The SMILES string of the molecule is CN(C)NC(=O)NC1c2ccccc2Oc2cccc(Cl)c21. The lowest BCUT2D eigenvalue weighted by atomic mass is 9.94. The molecule has 1 aliphatic rings. The molecular formula is C16H16ClN3O2. The molecule has 2 aromatic rings. The maximum Gasteiger partial charge on any atom is 0.330 e. The molecule has 0 saturated carbocycles. The standard InChI is InChI=1S/C16H16ClN3O2/c1-20(2)19-16(21)18-15-10-6-3-4-8-12(10)22-13-9-5-7-11(17)14(13)15/h3-9,15H,1-2H3,(H2,18,19,21). The van der Waals surface area contributed by atoms with Gasteiger partial charge in [-0.25, -0.2) is 9.80 Å². The molecule has 3 rings (SSSR count). The van der Waals surface area contributed by atoms with E-state index < -0.39 is 0 Å². The number of para-hydroxylation sites is 1. The highest BCUT2D eigenvalue weighted by molar-refractivity contribution is 6.31. The Hall–Kier alpha value is -2.24.